The summed E-state index contributed by atoms with van der Waals surface area (Å²) < 4.78 is 23.1. The molecule has 1 atom stereocenters. The van der Waals surface area contributed by atoms with E-state index >= 15 is 0 Å². The van der Waals surface area contributed by atoms with Crippen LogP contribution in [-0.2, 0) is 4.74 Å². The van der Waals surface area contributed by atoms with Crippen LogP contribution in [0.15, 0.2) is 18.2 Å². The SMILES string of the molecule is COC(=O)c1cc(F)ccc1OCCCC(C)N. The molecule has 0 bridgehead atoms. The lowest BCUT2D eigenvalue weighted by Gasteiger charge is -2.11. The number of ether oxygens (including phenoxy) is 2. The molecule has 100 valence electrons. The number of rotatable bonds is 6. The van der Waals surface area contributed by atoms with Crippen LogP contribution in [0.3, 0.4) is 0 Å². The first-order chi connectivity index (χ1) is 8.54. The zero-order valence-corrected chi connectivity index (χ0v) is 10.6. The van der Waals surface area contributed by atoms with Crippen LogP contribution in [0.25, 0.3) is 0 Å². The molecule has 0 amide bonds. The Morgan fingerprint density at radius 3 is 2.83 bits per heavy atom. The van der Waals surface area contributed by atoms with Crippen molar-refractivity contribution in [1.82, 2.24) is 0 Å². The summed E-state index contributed by atoms with van der Waals surface area (Å²) in [6, 6.07) is 3.88. The van der Waals surface area contributed by atoms with Crippen LogP contribution < -0.4 is 10.5 Å². The van der Waals surface area contributed by atoms with Gasteiger partial charge in [0.2, 0.25) is 0 Å². The highest BCUT2D eigenvalue weighted by Crippen LogP contribution is 2.21. The predicted molar refractivity (Wildman–Crippen MR) is 66.1 cm³/mol. The van der Waals surface area contributed by atoms with Crippen LogP contribution in [0, 0.1) is 5.82 Å². The van der Waals surface area contributed by atoms with Gasteiger partial charge in [-0.15, -0.1) is 0 Å². The van der Waals surface area contributed by atoms with E-state index in [2.05, 4.69) is 4.74 Å². The molecule has 0 radical (unpaired) electrons. The quantitative estimate of drug-likeness (QED) is 0.624. The lowest BCUT2D eigenvalue weighted by atomic mass is 10.2. The fraction of sp³-hybridized carbons (Fsp3) is 0.462. The first-order valence-electron chi connectivity index (χ1n) is 5.81. The average Bonchev–Trinajstić information content (AvgIpc) is 2.34. The molecular formula is C13H18FNO3. The van der Waals surface area contributed by atoms with E-state index in [9.17, 15) is 9.18 Å². The summed E-state index contributed by atoms with van der Waals surface area (Å²) in [4.78, 5) is 11.4. The van der Waals surface area contributed by atoms with E-state index in [0.717, 1.165) is 18.9 Å². The smallest absolute Gasteiger partial charge is 0.341 e. The minimum absolute atomic E-state index is 0.0956. The Balaban J connectivity index is 2.66. The molecule has 0 aliphatic rings. The van der Waals surface area contributed by atoms with Crippen molar-refractivity contribution < 1.29 is 18.7 Å². The van der Waals surface area contributed by atoms with Gasteiger partial charge in [0.15, 0.2) is 0 Å². The van der Waals surface area contributed by atoms with Crippen molar-refractivity contribution in [3.8, 4) is 5.75 Å². The van der Waals surface area contributed by atoms with Crippen molar-refractivity contribution in [2.75, 3.05) is 13.7 Å². The van der Waals surface area contributed by atoms with E-state index in [-0.39, 0.29) is 11.6 Å². The van der Waals surface area contributed by atoms with Crippen LogP contribution >= 0.6 is 0 Å². The largest absolute Gasteiger partial charge is 0.493 e. The van der Waals surface area contributed by atoms with Gasteiger partial charge in [-0.2, -0.15) is 0 Å². The van der Waals surface area contributed by atoms with Crippen molar-refractivity contribution >= 4 is 5.97 Å². The molecule has 0 fully saturated rings. The second-order valence-corrected chi connectivity index (χ2v) is 4.10. The number of halogens is 1. The first kappa shape index (κ1) is 14.4. The monoisotopic (exact) mass is 255 g/mol. The molecule has 1 aromatic rings. The molecule has 0 saturated carbocycles. The number of benzene rings is 1. The molecule has 0 aromatic heterocycles. The van der Waals surface area contributed by atoms with Crippen LogP contribution in [0.5, 0.6) is 5.75 Å². The second kappa shape index (κ2) is 6.96. The zero-order chi connectivity index (χ0) is 13.5. The summed E-state index contributed by atoms with van der Waals surface area (Å²) in [7, 11) is 1.24. The van der Waals surface area contributed by atoms with E-state index in [1.807, 2.05) is 6.92 Å². The van der Waals surface area contributed by atoms with Crippen molar-refractivity contribution in [3.63, 3.8) is 0 Å². The van der Waals surface area contributed by atoms with Gasteiger partial charge >= 0.3 is 5.97 Å². The molecule has 0 aliphatic carbocycles. The molecule has 2 N–H and O–H groups in total. The van der Waals surface area contributed by atoms with E-state index < -0.39 is 11.8 Å². The Morgan fingerprint density at radius 1 is 1.50 bits per heavy atom. The van der Waals surface area contributed by atoms with Gasteiger partial charge in [-0.1, -0.05) is 0 Å². The van der Waals surface area contributed by atoms with Gasteiger partial charge in [0.1, 0.15) is 17.1 Å². The van der Waals surface area contributed by atoms with Gasteiger partial charge < -0.3 is 15.2 Å². The highest BCUT2D eigenvalue weighted by atomic mass is 19.1. The van der Waals surface area contributed by atoms with Crippen LogP contribution in [0.1, 0.15) is 30.1 Å². The maximum Gasteiger partial charge on any atom is 0.341 e. The summed E-state index contributed by atoms with van der Waals surface area (Å²) in [6.45, 7) is 2.34. The van der Waals surface area contributed by atoms with Crippen molar-refractivity contribution in [2.24, 2.45) is 5.73 Å². The van der Waals surface area contributed by atoms with E-state index in [1.165, 1.54) is 19.2 Å². The lowest BCUT2D eigenvalue weighted by Crippen LogP contribution is -2.16. The van der Waals surface area contributed by atoms with Gasteiger partial charge in [0.25, 0.3) is 0 Å². The third-order valence-corrected chi connectivity index (χ3v) is 2.41. The van der Waals surface area contributed by atoms with Gasteiger partial charge in [-0.25, -0.2) is 9.18 Å². The Kier molecular flexibility index (Phi) is 5.58. The molecule has 0 spiro atoms. The fourth-order valence-corrected chi connectivity index (χ4v) is 1.48. The lowest BCUT2D eigenvalue weighted by molar-refractivity contribution is 0.0595. The van der Waals surface area contributed by atoms with Crippen LogP contribution in [-0.4, -0.2) is 25.7 Å². The number of esters is 1. The normalized spacial score (nSPS) is 12.0. The molecule has 1 aromatic carbocycles. The Morgan fingerprint density at radius 2 is 2.22 bits per heavy atom. The topological polar surface area (TPSA) is 61.5 Å². The minimum Gasteiger partial charge on any atom is -0.493 e. The Hall–Kier alpha value is -1.62. The molecule has 0 aliphatic heterocycles. The van der Waals surface area contributed by atoms with Gasteiger partial charge in [0, 0.05) is 6.04 Å². The second-order valence-electron chi connectivity index (χ2n) is 4.10. The third kappa shape index (κ3) is 4.33. The summed E-state index contributed by atoms with van der Waals surface area (Å²) in [5.74, 6) is -0.789. The first-order valence-corrected chi connectivity index (χ1v) is 5.81. The Bertz CT molecular complexity index is 407. The average molecular weight is 255 g/mol. The molecule has 1 rings (SSSR count). The minimum atomic E-state index is -0.614. The van der Waals surface area contributed by atoms with Crippen LogP contribution in [0.2, 0.25) is 0 Å². The van der Waals surface area contributed by atoms with Gasteiger partial charge in [0.05, 0.1) is 13.7 Å². The van der Waals surface area contributed by atoms with Gasteiger partial charge in [-0.05, 0) is 38.0 Å². The zero-order valence-electron chi connectivity index (χ0n) is 10.6. The van der Waals surface area contributed by atoms with E-state index in [1.54, 1.807) is 0 Å². The van der Waals surface area contributed by atoms with Crippen molar-refractivity contribution in [2.45, 2.75) is 25.8 Å². The molecule has 1 unspecified atom stereocenters. The maximum atomic E-state index is 13.1. The highest BCUT2D eigenvalue weighted by molar-refractivity contribution is 5.92. The molecule has 4 nitrogen and oxygen atoms in total. The fourth-order valence-electron chi connectivity index (χ4n) is 1.48. The number of nitrogens with two attached hydrogens (primary N) is 1. The number of carbonyl (C=O) groups is 1. The summed E-state index contributed by atoms with van der Waals surface area (Å²) in [5, 5.41) is 0. The summed E-state index contributed by atoms with van der Waals surface area (Å²) in [5.41, 5.74) is 5.71. The number of hydrogen-bond acceptors (Lipinski definition) is 4. The van der Waals surface area contributed by atoms with Crippen molar-refractivity contribution in [1.29, 1.82) is 0 Å². The number of carbonyl (C=O) groups excluding carboxylic acids is 1. The molecule has 0 saturated heterocycles. The predicted octanol–water partition coefficient (Wildman–Crippen LogP) is 2.12. The maximum absolute atomic E-state index is 13.1. The van der Waals surface area contributed by atoms with Gasteiger partial charge in [-0.3, -0.25) is 0 Å². The van der Waals surface area contributed by atoms with Crippen molar-refractivity contribution in [3.05, 3.63) is 29.6 Å². The number of hydrogen-bond donors (Lipinski definition) is 1. The third-order valence-electron chi connectivity index (χ3n) is 2.41. The molecule has 18 heavy (non-hydrogen) atoms. The molecule has 5 heteroatoms. The van der Waals surface area contributed by atoms with Crippen LogP contribution in [0.4, 0.5) is 4.39 Å². The van der Waals surface area contributed by atoms with E-state index in [0.29, 0.717) is 12.4 Å². The highest BCUT2D eigenvalue weighted by Gasteiger charge is 2.14. The summed E-state index contributed by atoms with van der Waals surface area (Å²) in [6.07, 6.45) is 1.60. The molecular weight excluding hydrogens is 237 g/mol. The summed E-state index contributed by atoms with van der Waals surface area (Å²) >= 11 is 0. The van der Waals surface area contributed by atoms with E-state index in [4.69, 9.17) is 10.5 Å². The molecule has 0 heterocycles. The standard InChI is InChI=1S/C13H18FNO3/c1-9(15)4-3-7-18-12-6-5-10(14)8-11(12)13(16)17-2/h5-6,8-9H,3-4,7,15H2,1-2H3. The number of methoxy groups -OCH3 is 1. The Labute approximate surface area is 106 Å².